The molecule has 1 aromatic carbocycles. The van der Waals surface area contributed by atoms with E-state index in [-0.39, 0.29) is 12.0 Å². The lowest BCUT2D eigenvalue weighted by Gasteiger charge is -2.16. The van der Waals surface area contributed by atoms with E-state index >= 15 is 0 Å². The highest BCUT2D eigenvalue weighted by molar-refractivity contribution is 5.56. The third-order valence-electron chi connectivity index (χ3n) is 3.41. The maximum atomic E-state index is 5.73. The van der Waals surface area contributed by atoms with Crippen LogP contribution in [0.1, 0.15) is 43.2 Å². The molecule has 21 heavy (non-hydrogen) atoms. The fourth-order valence-corrected chi connectivity index (χ4v) is 2.21. The van der Waals surface area contributed by atoms with Gasteiger partial charge < -0.3 is 20.2 Å². The molecule has 0 amide bonds. The molecule has 0 aliphatic rings. The highest BCUT2D eigenvalue weighted by atomic mass is 16.5. The molecule has 0 saturated carbocycles. The first kappa shape index (κ1) is 15.3. The summed E-state index contributed by atoms with van der Waals surface area (Å²) in [6.07, 6.45) is 0.667. The molecule has 114 valence electrons. The normalized spacial score (nSPS) is 13.8. The summed E-state index contributed by atoms with van der Waals surface area (Å²) in [6.45, 7) is 3.95. The molecule has 0 fully saturated rings. The molecule has 0 radical (unpaired) electrons. The minimum atomic E-state index is -0.240. The molecule has 0 saturated heterocycles. The Bertz CT molecular complexity index is 595. The Morgan fingerprint density at radius 2 is 2.10 bits per heavy atom. The molecule has 0 spiro atoms. The molecule has 2 aromatic rings. The maximum Gasteiger partial charge on any atom is 0.232 e. The van der Waals surface area contributed by atoms with E-state index in [9.17, 15) is 0 Å². The highest BCUT2D eigenvalue weighted by Gasteiger charge is 2.16. The van der Waals surface area contributed by atoms with E-state index in [1.54, 1.807) is 7.11 Å². The van der Waals surface area contributed by atoms with E-state index < -0.39 is 0 Å². The van der Waals surface area contributed by atoms with Crippen molar-refractivity contribution in [3.05, 3.63) is 35.5 Å². The van der Waals surface area contributed by atoms with Crippen LogP contribution in [0.15, 0.2) is 22.6 Å². The van der Waals surface area contributed by atoms with E-state index in [1.807, 2.05) is 26.1 Å². The number of benzene rings is 1. The van der Waals surface area contributed by atoms with Crippen molar-refractivity contribution >= 4 is 5.69 Å². The minimum Gasteiger partial charge on any atom is -0.497 e. The van der Waals surface area contributed by atoms with Gasteiger partial charge in [-0.3, -0.25) is 0 Å². The van der Waals surface area contributed by atoms with Crippen LogP contribution in [0.4, 0.5) is 5.69 Å². The lowest BCUT2D eigenvalue weighted by atomic mass is 9.96. The van der Waals surface area contributed by atoms with Crippen LogP contribution in [-0.2, 0) is 6.42 Å². The second-order valence-electron chi connectivity index (χ2n) is 5.13. The lowest BCUT2D eigenvalue weighted by molar-refractivity contribution is 0.413. The average Bonchev–Trinajstić information content (AvgIpc) is 2.95. The number of hydrogen-bond acceptors (Lipinski definition) is 6. The number of nitrogens with zero attached hydrogens (tertiary/aromatic N) is 2. The minimum absolute atomic E-state index is 0.236. The molecule has 1 aromatic heterocycles. The van der Waals surface area contributed by atoms with Gasteiger partial charge in [-0.1, -0.05) is 13.0 Å². The second kappa shape index (κ2) is 6.58. The summed E-state index contributed by atoms with van der Waals surface area (Å²) >= 11 is 0. The summed E-state index contributed by atoms with van der Waals surface area (Å²) in [5.74, 6) is 2.14. The molecule has 0 aliphatic carbocycles. The van der Waals surface area contributed by atoms with Crippen LogP contribution < -0.4 is 15.8 Å². The Balaban J connectivity index is 2.17. The number of anilines is 1. The van der Waals surface area contributed by atoms with Crippen molar-refractivity contribution in [3.63, 3.8) is 0 Å². The smallest absolute Gasteiger partial charge is 0.232 e. The van der Waals surface area contributed by atoms with Crippen molar-refractivity contribution in [2.24, 2.45) is 5.73 Å². The predicted octanol–water partition coefficient (Wildman–Crippen LogP) is 2.49. The topological polar surface area (TPSA) is 86.2 Å². The first-order valence-corrected chi connectivity index (χ1v) is 6.98. The van der Waals surface area contributed by atoms with Gasteiger partial charge in [0.1, 0.15) is 5.75 Å². The molecule has 3 N–H and O–H groups in total. The first-order chi connectivity index (χ1) is 10.0. The van der Waals surface area contributed by atoms with E-state index in [1.165, 1.54) is 5.56 Å². The van der Waals surface area contributed by atoms with Gasteiger partial charge in [0.2, 0.25) is 11.8 Å². The van der Waals surface area contributed by atoms with Gasteiger partial charge in [0.15, 0.2) is 0 Å². The number of rotatable bonds is 6. The van der Waals surface area contributed by atoms with Crippen molar-refractivity contribution < 1.29 is 9.15 Å². The van der Waals surface area contributed by atoms with Gasteiger partial charge in [0, 0.05) is 25.2 Å². The van der Waals surface area contributed by atoms with Gasteiger partial charge >= 0.3 is 0 Å². The van der Waals surface area contributed by atoms with Gasteiger partial charge in [-0.25, -0.2) is 0 Å². The summed E-state index contributed by atoms with van der Waals surface area (Å²) < 4.78 is 10.8. The van der Waals surface area contributed by atoms with Crippen LogP contribution in [0.25, 0.3) is 0 Å². The Kier molecular flexibility index (Phi) is 4.80. The number of aromatic nitrogens is 2. The quantitative estimate of drug-likeness (QED) is 0.850. The monoisotopic (exact) mass is 290 g/mol. The predicted molar refractivity (Wildman–Crippen MR) is 81.6 cm³/mol. The zero-order valence-electron chi connectivity index (χ0n) is 12.9. The third kappa shape index (κ3) is 3.52. The van der Waals surface area contributed by atoms with Crippen molar-refractivity contribution in [1.29, 1.82) is 0 Å². The zero-order valence-corrected chi connectivity index (χ0v) is 12.9. The van der Waals surface area contributed by atoms with Crippen LogP contribution in [-0.4, -0.2) is 24.4 Å². The molecule has 2 rings (SSSR count). The molecule has 2 atom stereocenters. The van der Waals surface area contributed by atoms with Crippen molar-refractivity contribution in [3.8, 4) is 5.75 Å². The van der Waals surface area contributed by atoms with E-state index in [0.29, 0.717) is 18.2 Å². The first-order valence-electron chi connectivity index (χ1n) is 6.98. The van der Waals surface area contributed by atoms with Gasteiger partial charge in [-0.05, 0) is 24.5 Å². The van der Waals surface area contributed by atoms with Crippen LogP contribution in [0.2, 0.25) is 0 Å². The standard InChI is InChI=1S/C15H22N4O2/c1-9(7-14-18-19-15(21-14)10(2)16)12-6-5-11(20-4)8-13(12)17-3/h5-6,8-10,17H,7,16H2,1-4H3/t9?,10-/m0/s1. The second-order valence-corrected chi connectivity index (χ2v) is 5.13. The van der Waals surface area contributed by atoms with Gasteiger partial charge in [0.25, 0.3) is 0 Å². The number of nitrogens with two attached hydrogens (primary N) is 1. The van der Waals surface area contributed by atoms with Gasteiger partial charge in [-0.15, -0.1) is 10.2 Å². The SMILES string of the molecule is CNc1cc(OC)ccc1C(C)Cc1nnc([C@H](C)N)o1. The van der Waals surface area contributed by atoms with Gasteiger partial charge in [0.05, 0.1) is 13.2 Å². The Labute approximate surface area is 124 Å². The van der Waals surface area contributed by atoms with Crippen molar-refractivity contribution in [2.75, 3.05) is 19.5 Å². The highest BCUT2D eigenvalue weighted by Crippen LogP contribution is 2.30. The van der Waals surface area contributed by atoms with E-state index in [0.717, 1.165) is 11.4 Å². The lowest BCUT2D eigenvalue weighted by Crippen LogP contribution is -2.05. The van der Waals surface area contributed by atoms with E-state index in [2.05, 4.69) is 28.5 Å². The fraction of sp³-hybridized carbons (Fsp3) is 0.467. The molecule has 0 aliphatic heterocycles. The van der Waals surface area contributed by atoms with Gasteiger partial charge in [-0.2, -0.15) is 0 Å². The molecule has 6 nitrogen and oxygen atoms in total. The molecule has 1 heterocycles. The molecule has 1 unspecified atom stereocenters. The van der Waals surface area contributed by atoms with Crippen LogP contribution in [0.3, 0.4) is 0 Å². The molecular weight excluding hydrogens is 268 g/mol. The van der Waals surface area contributed by atoms with Crippen LogP contribution in [0.5, 0.6) is 5.75 Å². The van der Waals surface area contributed by atoms with Crippen molar-refractivity contribution in [1.82, 2.24) is 10.2 Å². The fourth-order valence-electron chi connectivity index (χ4n) is 2.21. The summed E-state index contributed by atoms with van der Waals surface area (Å²) in [4.78, 5) is 0. The zero-order chi connectivity index (χ0) is 15.4. The maximum absolute atomic E-state index is 5.73. The summed E-state index contributed by atoms with van der Waals surface area (Å²) in [5, 5.41) is 11.2. The number of methoxy groups -OCH3 is 1. The Morgan fingerprint density at radius 3 is 2.67 bits per heavy atom. The number of hydrogen-bond donors (Lipinski definition) is 2. The Morgan fingerprint density at radius 1 is 1.33 bits per heavy atom. The summed E-state index contributed by atoms with van der Waals surface area (Å²) in [5.41, 5.74) is 7.94. The van der Waals surface area contributed by atoms with E-state index in [4.69, 9.17) is 14.9 Å². The Hall–Kier alpha value is -2.08. The number of nitrogens with one attached hydrogen (secondary N) is 1. The largest absolute Gasteiger partial charge is 0.497 e. The molecular formula is C15H22N4O2. The van der Waals surface area contributed by atoms with Crippen LogP contribution >= 0.6 is 0 Å². The summed E-state index contributed by atoms with van der Waals surface area (Å²) in [6, 6.07) is 5.74. The molecule has 6 heteroatoms. The van der Waals surface area contributed by atoms with Crippen LogP contribution in [0, 0.1) is 0 Å². The number of ether oxygens (including phenoxy) is 1. The summed E-state index contributed by atoms with van der Waals surface area (Å²) in [7, 11) is 3.55. The van der Waals surface area contributed by atoms with Crippen molar-refractivity contribution in [2.45, 2.75) is 32.2 Å². The average molecular weight is 290 g/mol. The molecule has 0 bridgehead atoms. The third-order valence-corrected chi connectivity index (χ3v) is 3.41.